The molecule has 13 heteroatoms. The minimum absolute atomic E-state index is 0.0583. The number of anilines is 1. The number of carbonyl (C=O) groups is 2. The number of halogens is 2. The number of benzene rings is 3. The predicted octanol–water partition coefficient (Wildman–Crippen LogP) is 3.72. The Hall–Kier alpha value is -4.07. The molecule has 2 fully saturated rings. The van der Waals surface area contributed by atoms with Crippen LogP contribution >= 0.6 is 0 Å². The summed E-state index contributed by atoms with van der Waals surface area (Å²) in [5, 5.41) is 16.0. The second-order valence-corrected chi connectivity index (χ2v) is 13.3. The van der Waals surface area contributed by atoms with Crippen molar-refractivity contribution in [3.63, 3.8) is 0 Å². The number of nitrogens with zero attached hydrogens (tertiary/aromatic N) is 2. The summed E-state index contributed by atoms with van der Waals surface area (Å²) in [5.74, 6) is -2.03. The summed E-state index contributed by atoms with van der Waals surface area (Å²) in [5.41, 5.74) is 0.648. The molecule has 3 aliphatic rings. The number of hydrogen-bond acceptors (Lipinski definition) is 6. The van der Waals surface area contributed by atoms with Gasteiger partial charge >= 0.3 is 6.03 Å². The highest BCUT2D eigenvalue weighted by molar-refractivity contribution is 7.89. The largest absolute Gasteiger partial charge is 0.492 e. The van der Waals surface area contributed by atoms with Crippen molar-refractivity contribution in [2.45, 2.75) is 48.3 Å². The van der Waals surface area contributed by atoms with Gasteiger partial charge in [0.05, 0.1) is 18.4 Å². The monoisotopic (exact) mass is 626 g/mol. The fraction of sp³-hybridized carbons (Fsp3) is 0.355. The van der Waals surface area contributed by atoms with E-state index < -0.39 is 51.3 Å². The van der Waals surface area contributed by atoms with Crippen molar-refractivity contribution in [1.29, 1.82) is 0 Å². The van der Waals surface area contributed by atoms with E-state index in [-0.39, 0.29) is 49.0 Å². The molecule has 6 rings (SSSR count). The van der Waals surface area contributed by atoms with Gasteiger partial charge in [-0.3, -0.25) is 4.79 Å². The van der Waals surface area contributed by atoms with Crippen molar-refractivity contribution >= 4 is 27.6 Å². The first-order valence-electron chi connectivity index (χ1n) is 14.4. The minimum atomic E-state index is -4.23. The zero-order valence-corrected chi connectivity index (χ0v) is 24.5. The van der Waals surface area contributed by atoms with E-state index in [2.05, 4.69) is 10.6 Å². The highest BCUT2D eigenvalue weighted by atomic mass is 32.2. The molecule has 3 N–H and O–H groups in total. The second kappa shape index (κ2) is 11.8. The van der Waals surface area contributed by atoms with Gasteiger partial charge in [-0.25, -0.2) is 22.0 Å². The third kappa shape index (κ3) is 5.86. The molecule has 0 aliphatic carbocycles. The summed E-state index contributed by atoms with van der Waals surface area (Å²) in [6.45, 7) is 0.264. The summed E-state index contributed by atoms with van der Waals surface area (Å²) < 4.78 is 62.4. The molecule has 3 aromatic rings. The molecule has 2 saturated heterocycles. The molecule has 0 saturated carbocycles. The second-order valence-electron chi connectivity index (χ2n) is 11.4. The zero-order valence-electron chi connectivity index (χ0n) is 23.7. The Labute approximate surface area is 253 Å². The Morgan fingerprint density at radius 1 is 1.00 bits per heavy atom. The van der Waals surface area contributed by atoms with Crippen LogP contribution in [0, 0.1) is 11.6 Å². The van der Waals surface area contributed by atoms with Crippen LogP contribution < -0.4 is 15.4 Å². The molecule has 3 amide bonds. The van der Waals surface area contributed by atoms with Crippen molar-refractivity contribution < 1.29 is 36.6 Å². The Kier molecular flexibility index (Phi) is 8.03. The summed E-state index contributed by atoms with van der Waals surface area (Å²) in [7, 11) is -4.23. The molecule has 0 aromatic heterocycles. The number of hydrogen-bond donors (Lipinski definition) is 3. The number of piperidine rings is 1. The van der Waals surface area contributed by atoms with Crippen molar-refractivity contribution in [1.82, 2.24) is 14.5 Å². The SMILES string of the molecule is O=C1NC2(CCOc3cc(-c4ccccc4)ccc3S(=O)(=O)N3C[C@H](O)C[C@@H]13)CCN(C(=O)Nc1ccc(F)cc1F)CC2. The fourth-order valence-corrected chi connectivity index (χ4v) is 7.87. The number of ether oxygens (including phenoxy) is 1. The standard InChI is InChI=1S/C31H32F2N4O6S/c32-22-7-8-25(24(33)17-22)34-30(40)36-13-10-31(11-14-36)12-15-43-27-16-21(20-4-2-1-3-5-20)6-9-28(27)44(41,42)37-19-23(38)18-26(37)29(39)35-31/h1-9,16-17,23,26,38H,10-15,18-19H2,(H,34,40)(H,35,39)/t23-,26+/m1/s1. The molecule has 0 radical (unpaired) electrons. The van der Waals surface area contributed by atoms with Crippen LogP contribution in [0.15, 0.2) is 71.6 Å². The number of aliphatic hydroxyl groups is 1. The summed E-state index contributed by atoms with van der Waals surface area (Å²) in [6, 6.07) is 15.5. The van der Waals surface area contributed by atoms with Gasteiger partial charge in [0.2, 0.25) is 15.9 Å². The van der Waals surface area contributed by atoms with Gasteiger partial charge in [-0.05, 0) is 48.2 Å². The van der Waals surface area contributed by atoms with Crippen LogP contribution in [-0.2, 0) is 14.8 Å². The highest BCUT2D eigenvalue weighted by Crippen LogP contribution is 2.37. The van der Waals surface area contributed by atoms with Gasteiger partial charge in [-0.1, -0.05) is 36.4 Å². The molecule has 232 valence electrons. The van der Waals surface area contributed by atoms with Crippen LogP contribution in [0.5, 0.6) is 5.75 Å². The van der Waals surface area contributed by atoms with E-state index in [1.807, 2.05) is 30.3 Å². The molecule has 3 aromatic carbocycles. The van der Waals surface area contributed by atoms with E-state index in [1.165, 1.54) is 11.0 Å². The maximum Gasteiger partial charge on any atom is 0.321 e. The first-order valence-corrected chi connectivity index (χ1v) is 15.8. The van der Waals surface area contributed by atoms with Crippen molar-refractivity contribution in [3.05, 3.63) is 78.4 Å². The maximum atomic E-state index is 14.1. The lowest BCUT2D eigenvalue weighted by atomic mass is 9.84. The van der Waals surface area contributed by atoms with Gasteiger partial charge < -0.3 is 25.4 Å². The molecule has 10 nitrogen and oxygen atoms in total. The van der Waals surface area contributed by atoms with Crippen molar-refractivity contribution in [2.75, 3.05) is 31.6 Å². The predicted molar refractivity (Wildman–Crippen MR) is 157 cm³/mol. The maximum absolute atomic E-state index is 14.1. The van der Waals surface area contributed by atoms with Crippen LogP contribution in [0.2, 0.25) is 0 Å². The molecule has 44 heavy (non-hydrogen) atoms. The van der Waals surface area contributed by atoms with Gasteiger partial charge in [0.15, 0.2) is 0 Å². The van der Waals surface area contributed by atoms with E-state index in [1.54, 1.807) is 12.1 Å². The van der Waals surface area contributed by atoms with Crippen molar-refractivity contribution in [3.8, 4) is 16.9 Å². The summed E-state index contributed by atoms with van der Waals surface area (Å²) in [4.78, 5) is 28.0. The number of aliphatic hydroxyl groups excluding tert-OH is 1. The molecular weight excluding hydrogens is 594 g/mol. The lowest BCUT2D eigenvalue weighted by Crippen LogP contribution is -2.60. The van der Waals surface area contributed by atoms with Crippen LogP contribution in [0.1, 0.15) is 25.7 Å². The fourth-order valence-electron chi connectivity index (χ4n) is 6.12. The number of urea groups is 1. The first-order chi connectivity index (χ1) is 21.0. The van der Waals surface area contributed by atoms with Crippen LogP contribution in [0.25, 0.3) is 11.1 Å². The van der Waals surface area contributed by atoms with Gasteiger partial charge in [0.1, 0.15) is 28.3 Å². The number of sulfonamides is 1. The Bertz CT molecular complexity index is 1680. The quantitative estimate of drug-likeness (QED) is 0.398. The number of likely N-dealkylation sites (tertiary alicyclic amines) is 1. The molecule has 3 heterocycles. The Morgan fingerprint density at radius 2 is 1.75 bits per heavy atom. The molecule has 0 bridgehead atoms. The normalized spacial score (nSPS) is 23.1. The molecule has 1 spiro atoms. The zero-order chi connectivity index (χ0) is 31.1. The van der Waals surface area contributed by atoms with E-state index in [0.29, 0.717) is 25.3 Å². The van der Waals surface area contributed by atoms with Gasteiger partial charge in [-0.15, -0.1) is 0 Å². The van der Waals surface area contributed by atoms with Crippen LogP contribution in [-0.4, -0.2) is 78.6 Å². The molecule has 2 atom stereocenters. The average Bonchev–Trinajstić information content (AvgIpc) is 3.41. The first kappa shape index (κ1) is 30.0. The van der Waals surface area contributed by atoms with Gasteiger partial charge in [0.25, 0.3) is 0 Å². The third-order valence-electron chi connectivity index (χ3n) is 8.58. The van der Waals surface area contributed by atoms with Crippen molar-refractivity contribution in [2.24, 2.45) is 0 Å². The Balaban J connectivity index is 1.26. The number of amides is 3. The summed E-state index contributed by atoms with van der Waals surface area (Å²) >= 11 is 0. The number of nitrogens with one attached hydrogen (secondary N) is 2. The van der Waals surface area contributed by atoms with E-state index in [9.17, 15) is 31.9 Å². The summed E-state index contributed by atoms with van der Waals surface area (Å²) in [6.07, 6.45) is -0.118. The van der Waals surface area contributed by atoms with E-state index in [4.69, 9.17) is 4.74 Å². The number of rotatable bonds is 2. The lowest BCUT2D eigenvalue weighted by Gasteiger charge is -2.43. The number of fused-ring (bicyclic) bond motifs is 2. The third-order valence-corrected chi connectivity index (χ3v) is 10.5. The van der Waals surface area contributed by atoms with Crippen LogP contribution in [0.3, 0.4) is 0 Å². The van der Waals surface area contributed by atoms with Gasteiger partial charge in [-0.2, -0.15) is 4.31 Å². The lowest BCUT2D eigenvalue weighted by molar-refractivity contribution is -0.127. The van der Waals surface area contributed by atoms with Crippen LogP contribution in [0.4, 0.5) is 19.3 Å². The highest BCUT2D eigenvalue weighted by Gasteiger charge is 2.47. The molecule has 3 aliphatic heterocycles. The van der Waals surface area contributed by atoms with Gasteiger partial charge in [0, 0.05) is 44.1 Å². The minimum Gasteiger partial charge on any atom is -0.492 e. The Morgan fingerprint density at radius 3 is 2.48 bits per heavy atom. The smallest absolute Gasteiger partial charge is 0.321 e. The average molecular weight is 627 g/mol. The molecular formula is C31H32F2N4O6S. The molecule has 0 unspecified atom stereocenters. The van der Waals surface area contributed by atoms with E-state index in [0.717, 1.165) is 27.6 Å². The van der Waals surface area contributed by atoms with E-state index >= 15 is 0 Å². The topological polar surface area (TPSA) is 128 Å². The number of carbonyl (C=O) groups excluding carboxylic acids is 2.